The van der Waals surface area contributed by atoms with Gasteiger partial charge in [0.1, 0.15) is 16.8 Å². The number of hydrogen-bond donors (Lipinski definition) is 0. The first kappa shape index (κ1) is 25.8. The van der Waals surface area contributed by atoms with Gasteiger partial charge in [-0.2, -0.15) is 0 Å². The lowest BCUT2D eigenvalue weighted by atomic mass is 9.93. The second kappa shape index (κ2) is 9.74. The van der Waals surface area contributed by atoms with Crippen LogP contribution in [0.15, 0.2) is 126 Å². The van der Waals surface area contributed by atoms with Crippen molar-refractivity contribution in [2.45, 2.75) is 19.3 Å². The summed E-state index contributed by atoms with van der Waals surface area (Å²) in [6.45, 7) is 2.35. The van der Waals surface area contributed by atoms with Gasteiger partial charge in [-0.25, -0.2) is 9.97 Å². The molecule has 1 atom stereocenters. The van der Waals surface area contributed by atoms with Gasteiger partial charge in [0, 0.05) is 64.9 Å². The summed E-state index contributed by atoms with van der Waals surface area (Å²) >= 11 is 1.87. The van der Waals surface area contributed by atoms with Crippen LogP contribution < -0.4 is 0 Å². The number of aromatic nitrogens is 3. The molecule has 4 aromatic heterocycles. The van der Waals surface area contributed by atoms with Crippen molar-refractivity contribution in [2.24, 2.45) is 0 Å². The topological polar surface area (TPSA) is 43.9 Å². The highest BCUT2D eigenvalue weighted by Gasteiger charge is 2.26. The molecule has 1 unspecified atom stereocenters. The summed E-state index contributed by atoms with van der Waals surface area (Å²) in [5.74, 6) is 1.09. The van der Waals surface area contributed by atoms with Crippen molar-refractivity contribution in [3.63, 3.8) is 0 Å². The molecule has 46 heavy (non-hydrogen) atoms. The molecule has 0 bridgehead atoms. The average molecular weight is 610 g/mol. The predicted octanol–water partition coefficient (Wildman–Crippen LogP) is 11.5. The molecule has 0 aliphatic heterocycles. The number of thiophene rings is 1. The van der Waals surface area contributed by atoms with Gasteiger partial charge in [-0.05, 0) is 42.8 Å². The molecule has 0 radical (unpaired) electrons. The molecule has 4 nitrogen and oxygen atoms in total. The van der Waals surface area contributed by atoms with E-state index in [9.17, 15) is 0 Å². The predicted molar refractivity (Wildman–Crippen MR) is 192 cm³/mol. The Kier molecular flexibility index (Phi) is 5.46. The fourth-order valence-corrected chi connectivity index (χ4v) is 8.44. The van der Waals surface area contributed by atoms with Gasteiger partial charge in [-0.1, -0.05) is 97.9 Å². The molecule has 10 rings (SSSR count). The minimum atomic E-state index is 0.400. The smallest absolute Gasteiger partial charge is 0.180 e. The Labute approximate surface area is 268 Å². The van der Waals surface area contributed by atoms with Crippen LogP contribution in [-0.4, -0.2) is 14.5 Å². The first-order chi connectivity index (χ1) is 22.7. The molecular weight excluding hydrogens is 583 g/mol. The molecule has 9 aromatic rings. The maximum Gasteiger partial charge on any atom is 0.180 e. The van der Waals surface area contributed by atoms with Gasteiger partial charge in [-0.3, -0.25) is 0 Å². The highest BCUT2D eigenvalue weighted by molar-refractivity contribution is 7.26. The van der Waals surface area contributed by atoms with Gasteiger partial charge in [0.2, 0.25) is 0 Å². The summed E-state index contributed by atoms with van der Waals surface area (Å²) in [7, 11) is 0. The maximum atomic E-state index is 6.42. The van der Waals surface area contributed by atoms with Crippen LogP contribution in [0.5, 0.6) is 0 Å². The second-order valence-electron chi connectivity index (χ2n) is 12.2. The lowest BCUT2D eigenvalue weighted by molar-refractivity contribution is 0.667. The number of rotatable bonds is 3. The fraction of sp³-hybridized carbons (Fsp3) is 0.0732. The summed E-state index contributed by atoms with van der Waals surface area (Å²) in [6.07, 6.45) is 5.68. The largest absolute Gasteiger partial charge is 0.452 e. The molecular formula is C41H27N3OS. The zero-order valence-electron chi connectivity index (χ0n) is 25.1. The third-order valence-corrected chi connectivity index (χ3v) is 10.6. The van der Waals surface area contributed by atoms with Crippen molar-refractivity contribution in [2.75, 3.05) is 0 Å². The Balaban J connectivity index is 1.22. The van der Waals surface area contributed by atoms with Crippen LogP contribution >= 0.6 is 11.3 Å². The zero-order chi connectivity index (χ0) is 30.4. The summed E-state index contributed by atoms with van der Waals surface area (Å²) in [5.41, 5.74) is 10.3. The summed E-state index contributed by atoms with van der Waals surface area (Å²) in [4.78, 5) is 10.1. The Hall–Kier alpha value is -5.52. The summed E-state index contributed by atoms with van der Waals surface area (Å²) in [6, 6.07) is 40.6. The summed E-state index contributed by atoms with van der Waals surface area (Å²) in [5, 5.41) is 4.96. The molecule has 1 aliphatic rings. The number of para-hydroxylation sites is 1. The van der Waals surface area contributed by atoms with Crippen molar-refractivity contribution < 1.29 is 4.42 Å². The maximum absolute atomic E-state index is 6.42. The monoisotopic (exact) mass is 609 g/mol. The van der Waals surface area contributed by atoms with E-state index >= 15 is 0 Å². The number of nitrogens with zero attached hydrogens (tertiary/aromatic N) is 3. The average Bonchev–Trinajstić information content (AvgIpc) is 3.78. The number of benzene rings is 5. The molecule has 218 valence electrons. The van der Waals surface area contributed by atoms with Crippen molar-refractivity contribution in [3.8, 4) is 28.3 Å². The van der Waals surface area contributed by atoms with Crippen molar-refractivity contribution >= 4 is 70.6 Å². The Morgan fingerprint density at radius 2 is 1.50 bits per heavy atom. The Morgan fingerprint density at radius 1 is 0.717 bits per heavy atom. The number of furan rings is 1. The molecule has 0 saturated heterocycles. The van der Waals surface area contributed by atoms with E-state index in [0.717, 1.165) is 45.4 Å². The molecule has 5 heteroatoms. The minimum absolute atomic E-state index is 0.400. The molecule has 0 N–H and O–H groups in total. The third-order valence-electron chi connectivity index (χ3n) is 9.44. The Morgan fingerprint density at radius 3 is 2.37 bits per heavy atom. The first-order valence-electron chi connectivity index (χ1n) is 15.7. The normalized spacial score (nSPS) is 14.7. The SMILES string of the molecule is CC1CC=Cc2c1n(-c1ccc(-c3nc(-c4ccccc4)nc4c3oc3ccccc34)cc1)c1c2ccc2sc3ccccc3c21. The van der Waals surface area contributed by atoms with Crippen LogP contribution in [0.2, 0.25) is 0 Å². The highest BCUT2D eigenvalue weighted by Crippen LogP contribution is 2.46. The third kappa shape index (κ3) is 3.66. The van der Waals surface area contributed by atoms with E-state index in [1.807, 2.05) is 47.7 Å². The van der Waals surface area contributed by atoms with E-state index in [4.69, 9.17) is 14.4 Å². The van der Waals surface area contributed by atoms with E-state index in [1.165, 1.54) is 42.3 Å². The quantitative estimate of drug-likeness (QED) is 0.200. The van der Waals surface area contributed by atoms with Crippen molar-refractivity contribution in [1.82, 2.24) is 14.5 Å². The minimum Gasteiger partial charge on any atom is -0.452 e. The molecule has 0 fully saturated rings. The van der Waals surface area contributed by atoms with Crippen molar-refractivity contribution in [1.29, 1.82) is 0 Å². The van der Waals surface area contributed by atoms with Gasteiger partial charge < -0.3 is 8.98 Å². The number of fused-ring (bicyclic) bond motifs is 10. The van der Waals surface area contributed by atoms with Gasteiger partial charge >= 0.3 is 0 Å². The van der Waals surface area contributed by atoms with Crippen LogP contribution in [-0.2, 0) is 0 Å². The van der Waals surface area contributed by atoms with Gasteiger partial charge in [0.15, 0.2) is 11.4 Å². The molecule has 4 heterocycles. The standard InChI is InChI=1S/C41H27N3OS/c1-24-10-9-15-28-29-22-23-34-35(31-14-6-8-17-33(31)46-34)39(29)44(38(24)28)27-20-18-25(19-21-27)36-40-37(30-13-5-7-16-32(30)45-40)43-41(42-36)26-11-3-2-4-12-26/h2-9,11-24H,10H2,1H3. The Bertz CT molecular complexity index is 2680. The number of hydrogen-bond acceptors (Lipinski definition) is 4. The summed E-state index contributed by atoms with van der Waals surface area (Å²) < 4.78 is 11.6. The van der Waals surface area contributed by atoms with Crippen LogP contribution in [0.1, 0.15) is 30.5 Å². The molecule has 0 spiro atoms. The van der Waals surface area contributed by atoms with Crippen LogP contribution in [0.25, 0.3) is 87.6 Å². The second-order valence-corrected chi connectivity index (χ2v) is 13.3. The lowest BCUT2D eigenvalue weighted by Crippen LogP contribution is -2.07. The molecule has 5 aromatic carbocycles. The van der Waals surface area contributed by atoms with E-state index in [-0.39, 0.29) is 0 Å². The van der Waals surface area contributed by atoms with Gasteiger partial charge in [-0.15, -0.1) is 11.3 Å². The molecule has 0 saturated carbocycles. The van der Waals surface area contributed by atoms with E-state index in [0.29, 0.717) is 17.3 Å². The molecule has 1 aliphatic carbocycles. The van der Waals surface area contributed by atoms with E-state index in [1.54, 1.807) is 0 Å². The van der Waals surface area contributed by atoms with E-state index < -0.39 is 0 Å². The van der Waals surface area contributed by atoms with Gasteiger partial charge in [0.05, 0.1) is 5.52 Å². The van der Waals surface area contributed by atoms with E-state index in [2.05, 4.69) is 103 Å². The van der Waals surface area contributed by atoms with Gasteiger partial charge in [0.25, 0.3) is 0 Å². The fourth-order valence-electron chi connectivity index (χ4n) is 7.33. The van der Waals surface area contributed by atoms with Crippen LogP contribution in [0.3, 0.4) is 0 Å². The molecule has 0 amide bonds. The lowest BCUT2D eigenvalue weighted by Gasteiger charge is -2.20. The van der Waals surface area contributed by atoms with Crippen LogP contribution in [0, 0.1) is 0 Å². The van der Waals surface area contributed by atoms with Crippen LogP contribution in [0.4, 0.5) is 0 Å². The number of allylic oxidation sites excluding steroid dienone is 1. The zero-order valence-corrected chi connectivity index (χ0v) is 25.9. The van der Waals surface area contributed by atoms with Crippen molar-refractivity contribution in [3.05, 3.63) is 133 Å². The first-order valence-corrected chi connectivity index (χ1v) is 16.6. The highest BCUT2D eigenvalue weighted by atomic mass is 32.1.